The van der Waals surface area contributed by atoms with Gasteiger partial charge in [-0.15, -0.1) is 0 Å². The van der Waals surface area contributed by atoms with E-state index >= 15 is 0 Å². The SMILES string of the molecule is CC1(C)c2ccccc2-c2ccc([Te])cc21. The van der Waals surface area contributed by atoms with Crippen molar-refractivity contribution < 1.29 is 0 Å². The van der Waals surface area contributed by atoms with Crippen LogP contribution in [0, 0.1) is 0 Å². The predicted molar refractivity (Wildman–Crippen MR) is 69.4 cm³/mol. The third-order valence-electron chi connectivity index (χ3n) is 3.55. The van der Waals surface area contributed by atoms with Crippen LogP contribution in [0.4, 0.5) is 0 Å². The molecule has 0 heterocycles. The number of fused-ring (bicyclic) bond motifs is 3. The molecule has 3 rings (SSSR count). The molecule has 0 unspecified atom stereocenters. The molecule has 0 aliphatic heterocycles. The van der Waals surface area contributed by atoms with Crippen LogP contribution in [-0.4, -0.2) is 22.3 Å². The van der Waals surface area contributed by atoms with Gasteiger partial charge in [-0.1, -0.05) is 0 Å². The molecule has 2 aromatic carbocycles. The Kier molecular flexibility index (Phi) is 2.18. The first-order chi connectivity index (χ1) is 7.60. The van der Waals surface area contributed by atoms with Gasteiger partial charge in [0.15, 0.2) is 0 Å². The van der Waals surface area contributed by atoms with Crippen LogP contribution >= 0.6 is 0 Å². The number of hydrogen-bond donors (Lipinski definition) is 0. The van der Waals surface area contributed by atoms with Gasteiger partial charge in [0.05, 0.1) is 0 Å². The molecule has 1 aliphatic carbocycles. The quantitative estimate of drug-likeness (QED) is 0.655. The van der Waals surface area contributed by atoms with Crippen molar-refractivity contribution in [3.05, 3.63) is 53.6 Å². The van der Waals surface area contributed by atoms with E-state index in [9.17, 15) is 0 Å². The molecule has 0 spiro atoms. The van der Waals surface area contributed by atoms with Gasteiger partial charge in [-0.2, -0.15) is 0 Å². The van der Waals surface area contributed by atoms with E-state index in [-0.39, 0.29) is 5.41 Å². The number of benzene rings is 2. The van der Waals surface area contributed by atoms with Gasteiger partial charge >= 0.3 is 110 Å². The summed E-state index contributed by atoms with van der Waals surface area (Å²) in [5, 5.41) is 0. The Morgan fingerprint density at radius 3 is 2.38 bits per heavy atom. The first-order valence-electron chi connectivity index (χ1n) is 5.52. The Hall–Kier alpha value is -0.770. The topological polar surface area (TPSA) is 0 Å². The zero-order valence-corrected chi connectivity index (χ0v) is 11.8. The average Bonchev–Trinajstić information content (AvgIpc) is 2.49. The minimum atomic E-state index is 0.152. The molecular weight excluding hydrogens is 308 g/mol. The van der Waals surface area contributed by atoms with Crippen LogP contribution in [-0.2, 0) is 5.41 Å². The molecule has 2 aromatic rings. The third kappa shape index (κ3) is 1.29. The molecule has 0 saturated heterocycles. The molecule has 1 aliphatic rings. The molecule has 1 heteroatoms. The molecule has 0 amide bonds. The third-order valence-corrected chi connectivity index (χ3v) is 4.28. The Labute approximate surface area is 110 Å². The predicted octanol–water partition coefficient (Wildman–Crippen LogP) is 2.79. The summed E-state index contributed by atoms with van der Waals surface area (Å²) in [5.41, 5.74) is 5.89. The van der Waals surface area contributed by atoms with Gasteiger partial charge in [-0.05, 0) is 0 Å². The van der Waals surface area contributed by atoms with Gasteiger partial charge in [0.25, 0.3) is 0 Å². The van der Waals surface area contributed by atoms with Crippen LogP contribution in [0.15, 0.2) is 42.5 Å². The molecule has 0 aromatic heterocycles. The van der Waals surface area contributed by atoms with Gasteiger partial charge in [0, 0.05) is 0 Å². The summed E-state index contributed by atoms with van der Waals surface area (Å²) in [6.07, 6.45) is 0. The van der Waals surface area contributed by atoms with E-state index < -0.39 is 0 Å². The van der Waals surface area contributed by atoms with E-state index in [4.69, 9.17) is 0 Å². The molecule has 0 saturated carbocycles. The van der Waals surface area contributed by atoms with E-state index in [0.29, 0.717) is 0 Å². The first-order valence-corrected chi connectivity index (χ1v) is 6.68. The molecular formula is C15H13Te. The van der Waals surface area contributed by atoms with Crippen LogP contribution in [0.5, 0.6) is 0 Å². The fourth-order valence-electron chi connectivity index (χ4n) is 2.68. The molecule has 0 atom stereocenters. The van der Waals surface area contributed by atoms with E-state index in [2.05, 4.69) is 78.6 Å². The van der Waals surface area contributed by atoms with Crippen molar-refractivity contribution in [1.82, 2.24) is 0 Å². The Morgan fingerprint density at radius 2 is 1.56 bits per heavy atom. The number of hydrogen-bond acceptors (Lipinski definition) is 0. The Balaban J connectivity index is 2.39. The zero-order valence-electron chi connectivity index (χ0n) is 9.45. The molecule has 0 bridgehead atoms. The maximum atomic E-state index is 2.33. The summed E-state index contributed by atoms with van der Waals surface area (Å²) >= 11 is 2.09. The zero-order chi connectivity index (χ0) is 11.3. The molecule has 16 heavy (non-hydrogen) atoms. The van der Waals surface area contributed by atoms with Crippen molar-refractivity contribution >= 4 is 25.9 Å². The first kappa shape index (κ1) is 10.4. The summed E-state index contributed by atoms with van der Waals surface area (Å²) in [7, 11) is 0. The van der Waals surface area contributed by atoms with Gasteiger partial charge < -0.3 is 0 Å². The van der Waals surface area contributed by atoms with Crippen LogP contribution in [0.25, 0.3) is 11.1 Å². The minimum absolute atomic E-state index is 0.152. The van der Waals surface area contributed by atoms with Crippen LogP contribution in [0.1, 0.15) is 25.0 Å². The normalized spacial score (nSPS) is 15.6. The van der Waals surface area contributed by atoms with Crippen LogP contribution < -0.4 is 3.61 Å². The monoisotopic (exact) mass is 323 g/mol. The Morgan fingerprint density at radius 1 is 0.875 bits per heavy atom. The molecule has 1 radical (unpaired) electrons. The summed E-state index contributed by atoms with van der Waals surface area (Å²) in [5.74, 6) is 0. The molecule has 0 nitrogen and oxygen atoms in total. The molecule has 0 N–H and O–H groups in total. The van der Waals surface area contributed by atoms with Crippen LogP contribution in [0.2, 0.25) is 0 Å². The second-order valence-corrected chi connectivity index (χ2v) is 6.22. The van der Waals surface area contributed by atoms with Gasteiger partial charge in [-0.25, -0.2) is 0 Å². The Bertz CT molecular complexity index is 567. The van der Waals surface area contributed by atoms with E-state index in [1.54, 1.807) is 0 Å². The fraction of sp³-hybridized carbons (Fsp3) is 0.200. The average molecular weight is 321 g/mol. The second-order valence-electron chi connectivity index (χ2n) is 4.88. The molecule has 0 fully saturated rings. The summed E-state index contributed by atoms with van der Waals surface area (Å²) in [6.45, 7) is 4.64. The van der Waals surface area contributed by atoms with Gasteiger partial charge in [-0.3, -0.25) is 0 Å². The second kappa shape index (κ2) is 3.36. The van der Waals surface area contributed by atoms with Crippen molar-refractivity contribution in [2.45, 2.75) is 19.3 Å². The van der Waals surface area contributed by atoms with Crippen molar-refractivity contribution in [3.63, 3.8) is 0 Å². The summed E-state index contributed by atoms with van der Waals surface area (Å²) in [6, 6.07) is 15.6. The number of rotatable bonds is 0. The summed E-state index contributed by atoms with van der Waals surface area (Å²) in [4.78, 5) is 0. The van der Waals surface area contributed by atoms with Crippen molar-refractivity contribution in [1.29, 1.82) is 0 Å². The van der Waals surface area contributed by atoms with Gasteiger partial charge in [0.2, 0.25) is 0 Å². The van der Waals surface area contributed by atoms with Crippen molar-refractivity contribution in [3.8, 4) is 11.1 Å². The van der Waals surface area contributed by atoms with E-state index in [1.807, 2.05) is 0 Å². The van der Waals surface area contributed by atoms with Crippen LogP contribution in [0.3, 0.4) is 0 Å². The van der Waals surface area contributed by atoms with Crippen molar-refractivity contribution in [2.24, 2.45) is 0 Å². The maximum absolute atomic E-state index is 2.33. The van der Waals surface area contributed by atoms with E-state index in [1.165, 1.54) is 25.9 Å². The fourth-order valence-corrected chi connectivity index (χ4v) is 3.21. The van der Waals surface area contributed by atoms with Crippen molar-refractivity contribution in [2.75, 3.05) is 0 Å². The summed E-state index contributed by atoms with van der Waals surface area (Å²) < 4.78 is 1.36. The molecule has 79 valence electrons. The van der Waals surface area contributed by atoms with Gasteiger partial charge in [0.1, 0.15) is 0 Å². The standard InChI is InChI=1S/C15H13Te/c1-15(2)13-6-4-3-5-11(13)12-8-7-10(16)9-14(12)15/h3-9H,1-2H3. The van der Waals surface area contributed by atoms with E-state index in [0.717, 1.165) is 0 Å².